The molecule has 0 unspecified atom stereocenters. The van der Waals surface area contributed by atoms with Gasteiger partial charge >= 0.3 is 7.12 Å². The quantitative estimate of drug-likeness (QED) is 0.665. The third-order valence-electron chi connectivity index (χ3n) is 5.44. The average molecular weight is 439 g/mol. The number of benzene rings is 1. The van der Waals surface area contributed by atoms with E-state index in [2.05, 4.69) is 5.10 Å². The van der Waals surface area contributed by atoms with Gasteiger partial charge in [0.1, 0.15) is 0 Å². The van der Waals surface area contributed by atoms with Gasteiger partial charge in [-0.15, -0.1) is 5.10 Å². The highest BCUT2D eigenvalue weighted by Gasteiger charge is 2.51. The van der Waals surface area contributed by atoms with Gasteiger partial charge in [0.25, 0.3) is 5.56 Å². The molecule has 1 aromatic carbocycles. The van der Waals surface area contributed by atoms with Crippen molar-refractivity contribution in [1.82, 2.24) is 9.78 Å². The monoisotopic (exact) mass is 438 g/mol. The van der Waals surface area contributed by atoms with Crippen LogP contribution >= 0.6 is 23.2 Å². The van der Waals surface area contributed by atoms with Gasteiger partial charge in [-0.05, 0) is 51.2 Å². The Morgan fingerprint density at radius 2 is 1.59 bits per heavy atom. The van der Waals surface area contributed by atoms with Gasteiger partial charge < -0.3 is 14.0 Å². The normalized spacial score (nSPS) is 17.8. The van der Waals surface area contributed by atoms with Gasteiger partial charge in [-0.1, -0.05) is 37.0 Å². The molecule has 1 fully saturated rings. The third kappa shape index (κ3) is 4.19. The zero-order valence-corrected chi connectivity index (χ0v) is 19.2. The second-order valence-electron chi connectivity index (χ2n) is 8.53. The maximum absolute atomic E-state index is 12.2. The van der Waals surface area contributed by atoms with Crippen LogP contribution in [0.25, 0.3) is 0 Å². The number of nitrogens with zero attached hydrogens (tertiary/aromatic N) is 2. The summed E-state index contributed by atoms with van der Waals surface area (Å²) in [5.41, 5.74) is 0.178. The molecular formula is C20H25BCl2N2O4. The lowest BCUT2D eigenvalue weighted by Gasteiger charge is -2.32. The third-order valence-corrected chi connectivity index (χ3v) is 6.00. The minimum atomic E-state index is -0.590. The molecule has 9 heteroatoms. The minimum absolute atomic E-state index is 0.0238. The summed E-state index contributed by atoms with van der Waals surface area (Å²) < 4.78 is 19.2. The molecule has 1 aliphatic heterocycles. The zero-order valence-electron chi connectivity index (χ0n) is 17.7. The van der Waals surface area contributed by atoms with Crippen molar-refractivity contribution in [2.45, 2.75) is 58.7 Å². The second kappa shape index (κ2) is 7.62. The van der Waals surface area contributed by atoms with Crippen molar-refractivity contribution in [2.24, 2.45) is 7.05 Å². The highest BCUT2D eigenvalue weighted by molar-refractivity contribution is 6.63. The van der Waals surface area contributed by atoms with E-state index in [9.17, 15) is 4.79 Å². The molecule has 1 saturated heterocycles. The fraction of sp³-hybridized carbons (Fsp3) is 0.500. The summed E-state index contributed by atoms with van der Waals surface area (Å²) in [6, 6.07) is 5.02. The van der Waals surface area contributed by atoms with Crippen LogP contribution in [0.5, 0.6) is 11.6 Å². The van der Waals surface area contributed by atoms with Gasteiger partial charge in [-0.3, -0.25) is 4.79 Å². The SMILES string of the molecule is CC(C)c1cc(Oc2c(Cl)cc(B3OC(C)(C)C(C)(C)O3)cc2Cl)nn(C)c1=O. The van der Waals surface area contributed by atoms with Crippen LogP contribution in [0.4, 0.5) is 0 Å². The molecule has 0 aliphatic carbocycles. The predicted octanol–water partition coefficient (Wildman–Crippen LogP) is 4.30. The summed E-state index contributed by atoms with van der Waals surface area (Å²) in [7, 11) is 0.985. The summed E-state index contributed by atoms with van der Waals surface area (Å²) in [6.07, 6.45) is 0. The largest absolute Gasteiger partial charge is 0.494 e. The molecule has 6 nitrogen and oxygen atoms in total. The van der Waals surface area contributed by atoms with Gasteiger partial charge in [0.2, 0.25) is 5.88 Å². The summed E-state index contributed by atoms with van der Waals surface area (Å²) >= 11 is 12.9. The smallest absolute Gasteiger partial charge is 0.434 e. The summed E-state index contributed by atoms with van der Waals surface area (Å²) in [4.78, 5) is 12.2. The first kappa shape index (κ1) is 22.2. The molecule has 1 aliphatic rings. The number of hydrogen-bond donors (Lipinski definition) is 0. The molecule has 0 atom stereocenters. The molecule has 0 N–H and O–H groups in total. The molecule has 0 spiro atoms. The van der Waals surface area contributed by atoms with E-state index in [0.29, 0.717) is 21.1 Å². The van der Waals surface area contributed by atoms with Crippen LogP contribution < -0.4 is 15.8 Å². The molecule has 3 rings (SSSR count). The molecule has 0 radical (unpaired) electrons. The summed E-state index contributed by atoms with van der Waals surface area (Å²) in [6.45, 7) is 11.8. The number of ether oxygens (including phenoxy) is 1. The van der Waals surface area contributed by atoms with Gasteiger partial charge in [0, 0.05) is 18.7 Å². The van der Waals surface area contributed by atoms with Crippen molar-refractivity contribution < 1.29 is 14.0 Å². The lowest BCUT2D eigenvalue weighted by molar-refractivity contribution is 0.00578. The molecular weight excluding hydrogens is 414 g/mol. The van der Waals surface area contributed by atoms with E-state index in [1.165, 1.54) is 4.68 Å². The Hall–Kier alpha value is -1.54. The van der Waals surface area contributed by atoms with Gasteiger partial charge in [-0.25, -0.2) is 4.68 Å². The Kier molecular flexibility index (Phi) is 5.82. The molecule has 1 aromatic heterocycles. The van der Waals surface area contributed by atoms with Crippen LogP contribution in [0.15, 0.2) is 23.0 Å². The topological polar surface area (TPSA) is 62.6 Å². The lowest BCUT2D eigenvalue weighted by atomic mass is 9.79. The van der Waals surface area contributed by atoms with Crippen molar-refractivity contribution in [3.8, 4) is 11.6 Å². The maximum Gasteiger partial charge on any atom is 0.494 e. The van der Waals surface area contributed by atoms with Crippen LogP contribution in [-0.4, -0.2) is 28.1 Å². The van der Waals surface area contributed by atoms with Gasteiger partial charge in [0.05, 0.1) is 21.2 Å². The van der Waals surface area contributed by atoms with E-state index >= 15 is 0 Å². The van der Waals surface area contributed by atoms with Crippen molar-refractivity contribution in [1.29, 1.82) is 0 Å². The van der Waals surface area contributed by atoms with Gasteiger partial charge in [-0.2, -0.15) is 0 Å². The molecule has 2 heterocycles. The fourth-order valence-electron chi connectivity index (χ4n) is 2.96. The van der Waals surface area contributed by atoms with E-state index in [4.69, 9.17) is 37.2 Å². The van der Waals surface area contributed by atoms with E-state index in [0.717, 1.165) is 0 Å². The van der Waals surface area contributed by atoms with Crippen molar-refractivity contribution in [2.75, 3.05) is 0 Å². The number of rotatable bonds is 4. The van der Waals surface area contributed by atoms with E-state index < -0.39 is 18.3 Å². The molecule has 2 aromatic rings. The number of aryl methyl sites for hydroxylation is 1. The van der Waals surface area contributed by atoms with E-state index in [1.54, 1.807) is 25.2 Å². The van der Waals surface area contributed by atoms with Crippen LogP contribution in [0.1, 0.15) is 53.0 Å². The summed E-state index contributed by atoms with van der Waals surface area (Å²) in [5, 5.41) is 4.74. The predicted molar refractivity (Wildman–Crippen MR) is 116 cm³/mol. The standard InChI is InChI=1S/C20H25BCl2N2O4/c1-11(2)13-10-16(24-25(7)18(13)26)27-17-14(22)8-12(9-15(17)23)21-28-19(3,4)20(5,6)29-21/h8-11H,1-7H3. The Balaban J connectivity index is 1.93. The Labute approximate surface area is 181 Å². The summed E-state index contributed by atoms with van der Waals surface area (Å²) in [5.74, 6) is 0.521. The first-order valence-corrected chi connectivity index (χ1v) is 10.2. The first-order valence-electron chi connectivity index (χ1n) is 9.43. The fourth-order valence-corrected chi connectivity index (χ4v) is 3.55. The highest BCUT2D eigenvalue weighted by atomic mass is 35.5. The average Bonchev–Trinajstić information content (AvgIpc) is 2.81. The number of halogens is 2. The van der Waals surface area contributed by atoms with Crippen LogP contribution in [-0.2, 0) is 16.4 Å². The number of aromatic nitrogens is 2. The molecule has 29 heavy (non-hydrogen) atoms. The minimum Gasteiger partial charge on any atom is -0.434 e. The maximum atomic E-state index is 12.2. The molecule has 156 valence electrons. The molecule has 0 amide bonds. The first-order chi connectivity index (χ1) is 13.3. The van der Waals surface area contributed by atoms with Crippen molar-refractivity contribution >= 4 is 35.8 Å². The molecule has 0 saturated carbocycles. The zero-order chi connectivity index (χ0) is 21.7. The van der Waals surface area contributed by atoms with Crippen LogP contribution in [0.3, 0.4) is 0 Å². The Morgan fingerprint density at radius 3 is 2.07 bits per heavy atom. The number of hydrogen-bond acceptors (Lipinski definition) is 5. The van der Waals surface area contributed by atoms with Crippen molar-refractivity contribution in [3.63, 3.8) is 0 Å². The van der Waals surface area contributed by atoms with E-state index in [-0.39, 0.29) is 23.1 Å². The molecule has 0 bridgehead atoms. The second-order valence-corrected chi connectivity index (χ2v) is 9.34. The van der Waals surface area contributed by atoms with Crippen LogP contribution in [0.2, 0.25) is 10.0 Å². The van der Waals surface area contributed by atoms with E-state index in [1.807, 2.05) is 41.5 Å². The van der Waals surface area contributed by atoms with Gasteiger partial charge in [0.15, 0.2) is 5.75 Å². The Bertz CT molecular complexity index is 965. The highest BCUT2D eigenvalue weighted by Crippen LogP contribution is 2.39. The Morgan fingerprint density at radius 1 is 1.07 bits per heavy atom. The van der Waals surface area contributed by atoms with Crippen LogP contribution in [0, 0.1) is 0 Å². The lowest BCUT2D eigenvalue weighted by Crippen LogP contribution is -2.41. The van der Waals surface area contributed by atoms with Crippen molar-refractivity contribution in [3.05, 3.63) is 44.2 Å².